The number of unbranched alkanes of at least 4 members (excludes halogenated alkanes) is 1. The molecule has 0 radical (unpaired) electrons. The molecule has 1 aromatic carbocycles. The van der Waals surface area contributed by atoms with Gasteiger partial charge in [-0.05, 0) is 31.5 Å². The van der Waals surface area contributed by atoms with Crippen LogP contribution in [0.2, 0.25) is 0 Å². The van der Waals surface area contributed by atoms with E-state index in [4.69, 9.17) is 5.73 Å². The van der Waals surface area contributed by atoms with Gasteiger partial charge >= 0.3 is 0 Å². The first-order valence-electron chi connectivity index (χ1n) is 8.72. The Kier molecular flexibility index (Phi) is 7.98. The van der Waals surface area contributed by atoms with Gasteiger partial charge in [-0.3, -0.25) is 4.90 Å². The first-order chi connectivity index (χ1) is 10.1. The molecule has 1 rings (SSSR count). The molecule has 2 heteroatoms. The van der Waals surface area contributed by atoms with Crippen LogP contribution in [0.4, 0.5) is 0 Å². The van der Waals surface area contributed by atoms with Crippen molar-refractivity contribution in [3.8, 4) is 0 Å². The highest BCUT2D eigenvalue weighted by molar-refractivity contribution is 5.26. The Labute approximate surface area is 131 Å². The summed E-state index contributed by atoms with van der Waals surface area (Å²) in [5.74, 6) is 0. The van der Waals surface area contributed by atoms with Crippen molar-refractivity contribution < 1.29 is 0 Å². The van der Waals surface area contributed by atoms with Crippen molar-refractivity contribution in [3.05, 3.63) is 35.9 Å². The van der Waals surface area contributed by atoms with Gasteiger partial charge in [0.25, 0.3) is 0 Å². The fourth-order valence-electron chi connectivity index (χ4n) is 3.42. The third kappa shape index (κ3) is 4.55. The number of benzene rings is 1. The molecule has 0 saturated heterocycles. The van der Waals surface area contributed by atoms with Gasteiger partial charge in [-0.15, -0.1) is 0 Å². The monoisotopic (exact) mass is 290 g/mol. The van der Waals surface area contributed by atoms with Gasteiger partial charge in [0, 0.05) is 6.04 Å². The van der Waals surface area contributed by atoms with Gasteiger partial charge in [0.05, 0.1) is 5.54 Å². The van der Waals surface area contributed by atoms with E-state index in [-0.39, 0.29) is 5.54 Å². The molecule has 120 valence electrons. The fourth-order valence-corrected chi connectivity index (χ4v) is 3.42. The summed E-state index contributed by atoms with van der Waals surface area (Å²) in [6, 6.07) is 11.2. The average molecular weight is 290 g/mol. The summed E-state index contributed by atoms with van der Waals surface area (Å²) in [4.78, 5) is 2.55. The Morgan fingerprint density at radius 2 is 1.62 bits per heavy atom. The molecule has 0 aliphatic rings. The zero-order valence-electron chi connectivity index (χ0n) is 14.4. The van der Waals surface area contributed by atoms with Gasteiger partial charge in [-0.25, -0.2) is 0 Å². The third-order valence-corrected chi connectivity index (χ3v) is 4.67. The SMILES string of the molecule is CCCCC(N)(c1ccccc1)C(CCC)N(CC)CC. The molecule has 0 saturated carbocycles. The Hall–Kier alpha value is -0.860. The highest BCUT2D eigenvalue weighted by atomic mass is 15.2. The second-order valence-corrected chi connectivity index (χ2v) is 6.04. The molecule has 0 aliphatic heterocycles. The largest absolute Gasteiger partial charge is 0.320 e. The molecule has 0 spiro atoms. The molecule has 2 N–H and O–H groups in total. The Morgan fingerprint density at radius 3 is 2.10 bits per heavy atom. The summed E-state index contributed by atoms with van der Waals surface area (Å²) in [6.45, 7) is 11.1. The number of nitrogens with two attached hydrogens (primary N) is 1. The molecule has 2 atom stereocenters. The van der Waals surface area contributed by atoms with Crippen LogP contribution in [0, 0.1) is 0 Å². The van der Waals surface area contributed by atoms with Crippen molar-refractivity contribution in [3.63, 3.8) is 0 Å². The third-order valence-electron chi connectivity index (χ3n) is 4.67. The minimum Gasteiger partial charge on any atom is -0.320 e. The molecule has 0 heterocycles. The molecular weight excluding hydrogens is 256 g/mol. The van der Waals surface area contributed by atoms with Crippen LogP contribution in [0.3, 0.4) is 0 Å². The number of rotatable bonds is 10. The second-order valence-electron chi connectivity index (χ2n) is 6.04. The summed E-state index contributed by atoms with van der Waals surface area (Å²) < 4.78 is 0. The van der Waals surface area contributed by atoms with Crippen LogP contribution in [-0.4, -0.2) is 24.0 Å². The van der Waals surface area contributed by atoms with Crippen molar-refractivity contribution in [1.82, 2.24) is 4.90 Å². The standard InChI is InChI=1S/C19H34N2/c1-5-9-16-19(20,17-14-11-10-12-15-17)18(13-6-2)21(7-3)8-4/h10-12,14-15,18H,5-9,13,16,20H2,1-4H3. The summed E-state index contributed by atoms with van der Waals surface area (Å²) in [5, 5.41) is 0. The lowest BCUT2D eigenvalue weighted by atomic mass is 9.77. The first kappa shape index (κ1) is 18.2. The van der Waals surface area contributed by atoms with E-state index in [0.717, 1.165) is 25.9 Å². The van der Waals surface area contributed by atoms with Gasteiger partial charge in [0.15, 0.2) is 0 Å². The van der Waals surface area contributed by atoms with Crippen LogP contribution in [0.25, 0.3) is 0 Å². The first-order valence-corrected chi connectivity index (χ1v) is 8.72. The van der Waals surface area contributed by atoms with Crippen LogP contribution in [0.1, 0.15) is 65.4 Å². The molecule has 0 bridgehead atoms. The number of nitrogens with zero attached hydrogens (tertiary/aromatic N) is 1. The van der Waals surface area contributed by atoms with Gasteiger partial charge in [0.1, 0.15) is 0 Å². The van der Waals surface area contributed by atoms with Gasteiger partial charge in [-0.1, -0.05) is 77.3 Å². The van der Waals surface area contributed by atoms with Crippen LogP contribution < -0.4 is 5.73 Å². The van der Waals surface area contributed by atoms with E-state index in [1.807, 2.05) is 0 Å². The van der Waals surface area contributed by atoms with E-state index in [0.29, 0.717) is 6.04 Å². The molecule has 21 heavy (non-hydrogen) atoms. The minimum absolute atomic E-state index is 0.237. The summed E-state index contributed by atoms with van der Waals surface area (Å²) in [6.07, 6.45) is 5.79. The smallest absolute Gasteiger partial charge is 0.0567 e. The molecule has 0 amide bonds. The lowest BCUT2D eigenvalue weighted by Crippen LogP contribution is -2.56. The second kappa shape index (κ2) is 9.22. The quantitative estimate of drug-likeness (QED) is 0.685. The Morgan fingerprint density at radius 1 is 1.00 bits per heavy atom. The minimum atomic E-state index is -0.237. The lowest BCUT2D eigenvalue weighted by molar-refractivity contribution is 0.111. The van der Waals surface area contributed by atoms with Crippen molar-refractivity contribution in [2.24, 2.45) is 5.73 Å². The molecular formula is C19H34N2. The summed E-state index contributed by atoms with van der Waals surface area (Å²) >= 11 is 0. The maximum Gasteiger partial charge on any atom is 0.0567 e. The molecule has 0 aromatic heterocycles. The topological polar surface area (TPSA) is 29.3 Å². The maximum atomic E-state index is 7.05. The zero-order chi connectivity index (χ0) is 15.7. The molecule has 0 aliphatic carbocycles. The molecule has 2 nitrogen and oxygen atoms in total. The summed E-state index contributed by atoms with van der Waals surface area (Å²) in [5.41, 5.74) is 8.10. The van der Waals surface area contributed by atoms with Gasteiger partial charge < -0.3 is 5.73 Å². The van der Waals surface area contributed by atoms with Crippen LogP contribution in [0.5, 0.6) is 0 Å². The van der Waals surface area contributed by atoms with Gasteiger partial charge in [-0.2, -0.15) is 0 Å². The Balaban J connectivity index is 3.18. The van der Waals surface area contributed by atoms with E-state index >= 15 is 0 Å². The highest BCUT2D eigenvalue weighted by Gasteiger charge is 2.38. The summed E-state index contributed by atoms with van der Waals surface area (Å²) in [7, 11) is 0. The average Bonchev–Trinajstić information content (AvgIpc) is 2.53. The van der Waals surface area contributed by atoms with Crippen molar-refractivity contribution in [2.75, 3.05) is 13.1 Å². The maximum absolute atomic E-state index is 7.05. The van der Waals surface area contributed by atoms with E-state index in [2.05, 4.69) is 62.9 Å². The van der Waals surface area contributed by atoms with E-state index < -0.39 is 0 Å². The van der Waals surface area contributed by atoms with Crippen LogP contribution in [-0.2, 0) is 5.54 Å². The van der Waals surface area contributed by atoms with Crippen LogP contribution >= 0.6 is 0 Å². The van der Waals surface area contributed by atoms with E-state index in [9.17, 15) is 0 Å². The number of hydrogen-bond acceptors (Lipinski definition) is 2. The Bertz CT molecular complexity index is 372. The van der Waals surface area contributed by atoms with E-state index in [1.165, 1.54) is 24.8 Å². The molecule has 2 unspecified atom stereocenters. The zero-order valence-corrected chi connectivity index (χ0v) is 14.4. The van der Waals surface area contributed by atoms with Crippen molar-refractivity contribution in [2.45, 2.75) is 71.4 Å². The van der Waals surface area contributed by atoms with Crippen molar-refractivity contribution >= 4 is 0 Å². The lowest BCUT2D eigenvalue weighted by Gasteiger charge is -2.44. The highest BCUT2D eigenvalue weighted by Crippen LogP contribution is 2.33. The number of hydrogen-bond donors (Lipinski definition) is 1. The van der Waals surface area contributed by atoms with Crippen molar-refractivity contribution in [1.29, 1.82) is 0 Å². The van der Waals surface area contributed by atoms with E-state index in [1.54, 1.807) is 0 Å². The fraction of sp³-hybridized carbons (Fsp3) is 0.684. The normalized spacial score (nSPS) is 15.9. The number of likely N-dealkylation sites (N-methyl/N-ethyl adjacent to an activating group) is 1. The predicted octanol–water partition coefficient (Wildman–Crippen LogP) is 4.54. The molecule has 0 fully saturated rings. The molecule has 1 aromatic rings. The predicted molar refractivity (Wildman–Crippen MR) is 93.4 cm³/mol. The van der Waals surface area contributed by atoms with Gasteiger partial charge in [0.2, 0.25) is 0 Å². The van der Waals surface area contributed by atoms with Crippen LogP contribution in [0.15, 0.2) is 30.3 Å².